The molecule has 0 N–H and O–H groups in total. The first-order valence-corrected chi connectivity index (χ1v) is 7.33. The van der Waals surface area contributed by atoms with Crippen LogP contribution < -0.4 is 14.2 Å². The summed E-state index contributed by atoms with van der Waals surface area (Å²) in [5, 5.41) is 13.6. The molecule has 1 aliphatic rings. The van der Waals surface area contributed by atoms with E-state index in [1.54, 1.807) is 17.9 Å². The van der Waals surface area contributed by atoms with E-state index in [9.17, 15) is 5.26 Å². The van der Waals surface area contributed by atoms with Gasteiger partial charge in [0.05, 0.1) is 18.5 Å². The van der Waals surface area contributed by atoms with Crippen LogP contribution in [0.4, 0.5) is 0 Å². The van der Waals surface area contributed by atoms with Gasteiger partial charge < -0.3 is 14.2 Å². The van der Waals surface area contributed by atoms with Crippen molar-refractivity contribution in [3.63, 3.8) is 0 Å². The number of aromatic nitrogens is 2. The van der Waals surface area contributed by atoms with Crippen LogP contribution in [0.2, 0.25) is 0 Å². The van der Waals surface area contributed by atoms with Gasteiger partial charge in [-0.1, -0.05) is 6.07 Å². The Hall–Kier alpha value is -3.46. The summed E-state index contributed by atoms with van der Waals surface area (Å²) in [6, 6.07) is 17.0. The van der Waals surface area contributed by atoms with Crippen molar-refractivity contribution in [3.8, 4) is 40.3 Å². The Bertz CT molecular complexity index is 956. The highest BCUT2D eigenvalue weighted by Crippen LogP contribution is 2.36. The minimum atomic E-state index is 0.220. The average molecular weight is 319 g/mol. The van der Waals surface area contributed by atoms with E-state index in [1.165, 1.54) is 0 Å². The number of rotatable bonds is 3. The van der Waals surface area contributed by atoms with Crippen molar-refractivity contribution in [2.45, 2.75) is 0 Å². The molecule has 3 aromatic rings. The van der Waals surface area contributed by atoms with Gasteiger partial charge in [0.25, 0.3) is 0 Å². The van der Waals surface area contributed by atoms with Crippen molar-refractivity contribution < 1.29 is 14.2 Å². The molecule has 0 fully saturated rings. The van der Waals surface area contributed by atoms with Crippen LogP contribution in [-0.2, 0) is 0 Å². The second kappa shape index (κ2) is 5.63. The summed E-state index contributed by atoms with van der Waals surface area (Å²) in [6.07, 6.45) is 0. The number of hydrogen-bond acceptors (Lipinski definition) is 5. The molecular weight excluding hydrogens is 306 g/mol. The van der Waals surface area contributed by atoms with Crippen LogP contribution in [0.5, 0.6) is 17.2 Å². The summed E-state index contributed by atoms with van der Waals surface area (Å²) in [5.74, 6) is 2.12. The zero-order valence-corrected chi connectivity index (χ0v) is 12.9. The maximum absolute atomic E-state index is 9.23. The first-order chi connectivity index (χ1) is 11.8. The van der Waals surface area contributed by atoms with Crippen molar-refractivity contribution in [2.75, 3.05) is 13.9 Å². The summed E-state index contributed by atoms with van der Waals surface area (Å²) >= 11 is 0. The molecule has 0 radical (unpaired) electrons. The first kappa shape index (κ1) is 14.2. The number of nitriles is 1. The Balaban J connectivity index is 1.86. The molecule has 2 aromatic carbocycles. The zero-order valence-electron chi connectivity index (χ0n) is 12.9. The van der Waals surface area contributed by atoms with Crippen molar-refractivity contribution in [1.82, 2.24) is 9.78 Å². The zero-order chi connectivity index (χ0) is 16.5. The van der Waals surface area contributed by atoms with Crippen molar-refractivity contribution in [3.05, 3.63) is 54.2 Å². The Labute approximate surface area is 138 Å². The number of hydrogen-bond donors (Lipinski definition) is 0. The second-order valence-electron chi connectivity index (χ2n) is 5.21. The third kappa shape index (κ3) is 2.32. The molecule has 0 amide bonds. The Kier molecular flexibility index (Phi) is 3.32. The van der Waals surface area contributed by atoms with Gasteiger partial charge >= 0.3 is 0 Å². The van der Waals surface area contributed by atoms with Gasteiger partial charge in [-0.2, -0.15) is 10.4 Å². The predicted octanol–water partition coefficient (Wildman–Crippen LogP) is 3.15. The second-order valence-corrected chi connectivity index (χ2v) is 5.21. The van der Waals surface area contributed by atoms with Gasteiger partial charge in [0.2, 0.25) is 6.79 Å². The van der Waals surface area contributed by atoms with E-state index in [-0.39, 0.29) is 6.79 Å². The molecule has 24 heavy (non-hydrogen) atoms. The van der Waals surface area contributed by atoms with Crippen molar-refractivity contribution >= 4 is 0 Å². The fraction of sp³-hybridized carbons (Fsp3) is 0.111. The number of fused-ring (bicyclic) bond motifs is 1. The SMILES string of the molecule is COc1cccc(-n2nc(C#N)cc2-c2ccc3c(c2)OCO3)c1. The van der Waals surface area contributed by atoms with Gasteiger partial charge in [-0.05, 0) is 30.3 Å². The lowest BCUT2D eigenvalue weighted by molar-refractivity contribution is 0.174. The Morgan fingerprint density at radius 1 is 1.12 bits per heavy atom. The maximum Gasteiger partial charge on any atom is 0.231 e. The first-order valence-electron chi connectivity index (χ1n) is 7.33. The molecule has 1 aliphatic heterocycles. The minimum absolute atomic E-state index is 0.220. The lowest BCUT2D eigenvalue weighted by Gasteiger charge is -2.09. The van der Waals surface area contributed by atoms with Crippen LogP contribution in [0, 0.1) is 11.3 Å². The predicted molar refractivity (Wildman–Crippen MR) is 86.4 cm³/mol. The molecule has 0 saturated heterocycles. The van der Waals surface area contributed by atoms with Gasteiger partial charge in [-0.25, -0.2) is 4.68 Å². The third-order valence-electron chi connectivity index (χ3n) is 3.79. The van der Waals surface area contributed by atoms with Gasteiger partial charge in [0.1, 0.15) is 11.8 Å². The topological polar surface area (TPSA) is 69.3 Å². The summed E-state index contributed by atoms with van der Waals surface area (Å²) in [4.78, 5) is 0. The summed E-state index contributed by atoms with van der Waals surface area (Å²) < 4.78 is 17.8. The molecule has 6 nitrogen and oxygen atoms in total. The number of benzene rings is 2. The quantitative estimate of drug-likeness (QED) is 0.742. The number of nitrogens with zero attached hydrogens (tertiary/aromatic N) is 3. The van der Waals surface area contributed by atoms with Crippen LogP contribution >= 0.6 is 0 Å². The van der Waals surface area contributed by atoms with Crippen LogP contribution in [-0.4, -0.2) is 23.7 Å². The van der Waals surface area contributed by atoms with E-state index >= 15 is 0 Å². The Morgan fingerprint density at radius 2 is 2.00 bits per heavy atom. The molecule has 0 spiro atoms. The molecule has 1 aromatic heterocycles. The number of ether oxygens (including phenoxy) is 3. The highest BCUT2D eigenvalue weighted by Gasteiger charge is 2.17. The molecule has 0 bridgehead atoms. The van der Waals surface area contributed by atoms with Gasteiger partial charge in [0, 0.05) is 17.7 Å². The standard InChI is InChI=1S/C18H13N3O3/c1-22-15-4-2-3-14(9-15)21-16(8-13(10-19)20-21)12-5-6-17-18(7-12)24-11-23-17/h2-9H,11H2,1H3. The lowest BCUT2D eigenvalue weighted by atomic mass is 10.1. The summed E-state index contributed by atoms with van der Waals surface area (Å²) in [5.41, 5.74) is 2.82. The highest BCUT2D eigenvalue weighted by molar-refractivity contribution is 5.67. The van der Waals surface area contributed by atoms with Gasteiger partial charge in [-0.15, -0.1) is 0 Å². The Morgan fingerprint density at radius 3 is 2.83 bits per heavy atom. The van der Waals surface area contributed by atoms with Gasteiger partial charge in [0.15, 0.2) is 17.2 Å². The van der Waals surface area contributed by atoms with E-state index in [1.807, 2.05) is 42.5 Å². The van der Waals surface area contributed by atoms with Crippen LogP contribution in [0.1, 0.15) is 5.69 Å². The molecule has 118 valence electrons. The normalized spacial score (nSPS) is 12.0. The van der Waals surface area contributed by atoms with Crippen LogP contribution in [0.15, 0.2) is 48.5 Å². The van der Waals surface area contributed by atoms with E-state index < -0.39 is 0 Å². The smallest absolute Gasteiger partial charge is 0.231 e. The molecule has 0 saturated carbocycles. The fourth-order valence-corrected chi connectivity index (χ4v) is 2.64. The van der Waals surface area contributed by atoms with E-state index in [0.717, 1.165) is 22.7 Å². The van der Waals surface area contributed by atoms with Crippen LogP contribution in [0.25, 0.3) is 16.9 Å². The molecule has 0 atom stereocenters. The minimum Gasteiger partial charge on any atom is -0.497 e. The fourth-order valence-electron chi connectivity index (χ4n) is 2.64. The lowest BCUT2D eigenvalue weighted by Crippen LogP contribution is -2.00. The number of methoxy groups -OCH3 is 1. The van der Waals surface area contributed by atoms with E-state index in [0.29, 0.717) is 17.2 Å². The van der Waals surface area contributed by atoms with Crippen molar-refractivity contribution in [2.24, 2.45) is 0 Å². The van der Waals surface area contributed by atoms with Gasteiger partial charge in [-0.3, -0.25) is 0 Å². The maximum atomic E-state index is 9.23. The summed E-state index contributed by atoms with van der Waals surface area (Å²) in [7, 11) is 1.61. The third-order valence-corrected chi connectivity index (χ3v) is 3.79. The monoisotopic (exact) mass is 319 g/mol. The highest BCUT2D eigenvalue weighted by atomic mass is 16.7. The van der Waals surface area contributed by atoms with E-state index in [2.05, 4.69) is 11.2 Å². The summed E-state index contributed by atoms with van der Waals surface area (Å²) in [6.45, 7) is 0.220. The molecule has 6 heteroatoms. The van der Waals surface area contributed by atoms with E-state index in [4.69, 9.17) is 14.2 Å². The average Bonchev–Trinajstić information content (AvgIpc) is 3.27. The molecule has 0 aliphatic carbocycles. The molecule has 0 unspecified atom stereocenters. The largest absolute Gasteiger partial charge is 0.497 e. The van der Waals surface area contributed by atoms with Crippen LogP contribution in [0.3, 0.4) is 0 Å². The molecule has 2 heterocycles. The van der Waals surface area contributed by atoms with Crippen molar-refractivity contribution in [1.29, 1.82) is 5.26 Å². The molecular formula is C18H13N3O3. The molecule has 4 rings (SSSR count).